The van der Waals surface area contributed by atoms with Crippen LogP contribution in [0.15, 0.2) is 28.7 Å². The highest BCUT2D eigenvalue weighted by Crippen LogP contribution is 2.45. The number of anilines is 2. The van der Waals surface area contributed by atoms with Crippen molar-refractivity contribution in [2.24, 2.45) is 0 Å². The van der Waals surface area contributed by atoms with Gasteiger partial charge < -0.3 is 10.2 Å². The van der Waals surface area contributed by atoms with E-state index in [9.17, 15) is 4.79 Å². The van der Waals surface area contributed by atoms with E-state index >= 15 is 0 Å². The highest BCUT2D eigenvalue weighted by molar-refractivity contribution is 9.10. The molecular weight excluding hydrogens is 434 g/mol. The van der Waals surface area contributed by atoms with Crippen LogP contribution in [0.25, 0.3) is 0 Å². The highest BCUT2D eigenvalue weighted by atomic mass is 79.9. The SMILES string of the molecule is Cc1cc(Nc2ccc3c(n2)C(=O)N(C2CCSCC2)C3)c(C2CC2)cc1Br. The molecule has 1 aromatic heterocycles. The first-order valence-electron chi connectivity index (χ1n) is 10.1. The van der Waals surface area contributed by atoms with E-state index in [1.807, 2.05) is 22.7 Å². The first kappa shape index (κ1) is 18.5. The van der Waals surface area contributed by atoms with Crippen molar-refractivity contribution in [2.75, 3.05) is 16.8 Å². The fourth-order valence-corrected chi connectivity index (χ4v) is 5.67. The van der Waals surface area contributed by atoms with Crippen molar-refractivity contribution in [1.29, 1.82) is 0 Å². The van der Waals surface area contributed by atoms with Gasteiger partial charge in [0.2, 0.25) is 0 Å². The summed E-state index contributed by atoms with van der Waals surface area (Å²) in [4.78, 5) is 19.8. The topological polar surface area (TPSA) is 45.2 Å². The average molecular weight is 458 g/mol. The molecule has 0 spiro atoms. The quantitative estimate of drug-likeness (QED) is 0.646. The molecule has 0 bridgehead atoms. The van der Waals surface area contributed by atoms with Gasteiger partial charge in [0, 0.05) is 28.3 Å². The number of carbonyl (C=O) groups is 1. The third-order valence-corrected chi connectivity index (χ3v) is 7.93. The normalized spacial score (nSPS) is 19.8. The average Bonchev–Trinajstić information content (AvgIpc) is 3.50. The van der Waals surface area contributed by atoms with Gasteiger partial charge >= 0.3 is 0 Å². The molecule has 2 fully saturated rings. The molecule has 0 unspecified atom stereocenters. The molecule has 3 heterocycles. The number of fused-ring (bicyclic) bond motifs is 1. The molecular formula is C22H24BrN3OS. The molecule has 6 heteroatoms. The Morgan fingerprint density at radius 2 is 1.96 bits per heavy atom. The maximum atomic E-state index is 13.0. The number of hydrogen-bond acceptors (Lipinski definition) is 4. The van der Waals surface area contributed by atoms with Crippen LogP contribution in [0.2, 0.25) is 0 Å². The number of rotatable bonds is 4. The summed E-state index contributed by atoms with van der Waals surface area (Å²) >= 11 is 5.65. The maximum Gasteiger partial charge on any atom is 0.273 e. The highest BCUT2D eigenvalue weighted by Gasteiger charge is 2.35. The number of amides is 1. The van der Waals surface area contributed by atoms with Crippen LogP contribution in [0.4, 0.5) is 11.5 Å². The second-order valence-electron chi connectivity index (χ2n) is 8.07. The van der Waals surface area contributed by atoms with Crippen LogP contribution < -0.4 is 5.32 Å². The van der Waals surface area contributed by atoms with Gasteiger partial charge in [-0.3, -0.25) is 4.79 Å². The lowest BCUT2D eigenvalue weighted by atomic mass is 10.1. The molecule has 1 saturated heterocycles. The molecule has 5 rings (SSSR count). The summed E-state index contributed by atoms with van der Waals surface area (Å²) in [5.41, 5.74) is 5.34. The van der Waals surface area contributed by atoms with Crippen molar-refractivity contribution in [3.05, 3.63) is 51.1 Å². The Balaban J connectivity index is 1.40. The Labute approximate surface area is 178 Å². The zero-order valence-corrected chi connectivity index (χ0v) is 18.4. The van der Waals surface area contributed by atoms with Gasteiger partial charge in [-0.05, 0) is 79.4 Å². The minimum Gasteiger partial charge on any atom is -0.340 e. The van der Waals surface area contributed by atoms with E-state index in [1.54, 1.807) is 0 Å². The van der Waals surface area contributed by atoms with E-state index in [4.69, 9.17) is 4.98 Å². The van der Waals surface area contributed by atoms with E-state index in [1.165, 1.54) is 24.0 Å². The number of nitrogens with zero attached hydrogens (tertiary/aromatic N) is 2. The van der Waals surface area contributed by atoms with Crippen molar-refractivity contribution < 1.29 is 4.79 Å². The van der Waals surface area contributed by atoms with Crippen LogP contribution in [0.3, 0.4) is 0 Å². The predicted octanol–water partition coefficient (Wildman–Crippen LogP) is 5.62. The Morgan fingerprint density at radius 3 is 2.71 bits per heavy atom. The van der Waals surface area contributed by atoms with E-state index < -0.39 is 0 Å². The van der Waals surface area contributed by atoms with Crippen molar-refractivity contribution in [3.63, 3.8) is 0 Å². The number of benzene rings is 1. The Hall–Kier alpha value is -1.53. The molecule has 2 aromatic rings. The van der Waals surface area contributed by atoms with Crippen molar-refractivity contribution in [2.45, 2.75) is 51.1 Å². The smallest absolute Gasteiger partial charge is 0.273 e. The number of carbonyl (C=O) groups excluding carboxylic acids is 1. The fraction of sp³-hybridized carbons (Fsp3) is 0.455. The van der Waals surface area contributed by atoms with E-state index in [0.717, 1.165) is 45.9 Å². The van der Waals surface area contributed by atoms with Crippen molar-refractivity contribution in [3.8, 4) is 0 Å². The standard InChI is InChI=1S/C22H24BrN3OS/c1-13-10-19(17(11-18(13)23)14-2-3-14)24-20-5-4-15-12-26(22(27)21(15)25-20)16-6-8-28-9-7-16/h4-5,10-11,14,16H,2-3,6-9,12H2,1H3,(H,24,25). The number of aryl methyl sites for hydroxylation is 1. The largest absolute Gasteiger partial charge is 0.340 e. The molecule has 1 saturated carbocycles. The number of aromatic nitrogens is 1. The van der Waals surface area contributed by atoms with Gasteiger partial charge in [0.05, 0.1) is 0 Å². The summed E-state index contributed by atoms with van der Waals surface area (Å²) in [5.74, 6) is 3.80. The molecule has 2 aliphatic heterocycles. The maximum absolute atomic E-state index is 13.0. The third-order valence-electron chi connectivity index (χ3n) is 6.03. The van der Waals surface area contributed by atoms with Crippen LogP contribution in [-0.4, -0.2) is 33.3 Å². The number of pyridine rings is 1. The summed E-state index contributed by atoms with van der Waals surface area (Å²) in [5, 5.41) is 3.50. The summed E-state index contributed by atoms with van der Waals surface area (Å²) in [6.45, 7) is 2.81. The molecule has 146 valence electrons. The molecule has 4 nitrogen and oxygen atoms in total. The minimum absolute atomic E-state index is 0.102. The van der Waals surface area contributed by atoms with Crippen molar-refractivity contribution in [1.82, 2.24) is 9.88 Å². The lowest BCUT2D eigenvalue weighted by Crippen LogP contribution is -2.38. The molecule has 0 atom stereocenters. The fourth-order valence-electron chi connectivity index (χ4n) is 4.23. The number of hydrogen-bond donors (Lipinski definition) is 1. The van der Waals surface area contributed by atoms with Gasteiger partial charge in [0.25, 0.3) is 5.91 Å². The van der Waals surface area contributed by atoms with Gasteiger partial charge in [-0.2, -0.15) is 11.8 Å². The second-order valence-corrected chi connectivity index (χ2v) is 10.1. The Kier molecular flexibility index (Phi) is 4.87. The van der Waals surface area contributed by atoms with Crippen molar-refractivity contribution >= 4 is 45.1 Å². The Bertz CT molecular complexity index is 938. The molecule has 28 heavy (non-hydrogen) atoms. The Morgan fingerprint density at radius 1 is 1.18 bits per heavy atom. The molecule has 3 aliphatic rings. The summed E-state index contributed by atoms with van der Waals surface area (Å²) in [6, 6.07) is 8.87. The minimum atomic E-state index is 0.102. The van der Waals surface area contributed by atoms with Crippen LogP contribution in [0.1, 0.15) is 58.8 Å². The first-order valence-corrected chi connectivity index (χ1v) is 12.0. The van der Waals surface area contributed by atoms with Gasteiger partial charge in [-0.1, -0.05) is 22.0 Å². The monoisotopic (exact) mass is 457 g/mol. The zero-order chi connectivity index (χ0) is 19.3. The van der Waals surface area contributed by atoms with Crippen LogP contribution in [-0.2, 0) is 6.54 Å². The molecule has 1 aliphatic carbocycles. The third kappa shape index (κ3) is 3.45. The van der Waals surface area contributed by atoms with Gasteiger partial charge in [0.15, 0.2) is 0 Å². The number of thioether (sulfide) groups is 1. The second kappa shape index (κ2) is 7.38. The van der Waals surface area contributed by atoms with E-state index in [-0.39, 0.29) is 5.91 Å². The van der Waals surface area contributed by atoms with Crippen LogP contribution in [0, 0.1) is 6.92 Å². The molecule has 1 aromatic carbocycles. The molecule has 1 amide bonds. The summed E-state index contributed by atoms with van der Waals surface area (Å²) in [6.07, 6.45) is 4.68. The lowest BCUT2D eigenvalue weighted by Gasteiger charge is -2.30. The predicted molar refractivity (Wildman–Crippen MR) is 119 cm³/mol. The zero-order valence-electron chi connectivity index (χ0n) is 16.0. The number of halogens is 1. The van der Waals surface area contributed by atoms with E-state index in [2.05, 4.69) is 46.4 Å². The summed E-state index contributed by atoms with van der Waals surface area (Å²) < 4.78 is 1.15. The van der Waals surface area contributed by atoms with Crippen LogP contribution in [0.5, 0.6) is 0 Å². The van der Waals surface area contributed by atoms with Gasteiger partial charge in [0.1, 0.15) is 11.5 Å². The van der Waals surface area contributed by atoms with E-state index in [0.29, 0.717) is 24.2 Å². The van der Waals surface area contributed by atoms with Crippen LogP contribution >= 0.6 is 27.7 Å². The lowest BCUT2D eigenvalue weighted by molar-refractivity contribution is 0.0689. The molecule has 1 N–H and O–H groups in total. The first-order chi connectivity index (χ1) is 13.6. The van der Waals surface area contributed by atoms with Gasteiger partial charge in [-0.25, -0.2) is 4.98 Å². The summed E-state index contributed by atoms with van der Waals surface area (Å²) in [7, 11) is 0. The number of nitrogens with one attached hydrogen (secondary N) is 1. The molecule has 0 radical (unpaired) electrons. The van der Waals surface area contributed by atoms with Gasteiger partial charge in [-0.15, -0.1) is 0 Å².